The summed E-state index contributed by atoms with van der Waals surface area (Å²) in [7, 11) is -3.99. The van der Waals surface area contributed by atoms with Crippen LogP contribution >= 0.6 is 23.1 Å². The highest BCUT2D eigenvalue weighted by molar-refractivity contribution is 8.00. The first-order valence-corrected chi connectivity index (χ1v) is 18.0. The lowest BCUT2D eigenvalue weighted by molar-refractivity contribution is -0.154. The number of carbonyl (C=O) groups is 3. The Morgan fingerprint density at radius 1 is 0.979 bits per heavy atom. The normalized spacial score (nSPS) is 17.7. The summed E-state index contributed by atoms with van der Waals surface area (Å²) in [6.45, 7) is 1.85. The van der Waals surface area contributed by atoms with E-state index in [1.54, 1.807) is 12.1 Å². The Bertz CT molecular complexity index is 1890. The fourth-order valence-electron chi connectivity index (χ4n) is 5.22. The minimum absolute atomic E-state index is 0.0274. The predicted molar refractivity (Wildman–Crippen MR) is 181 cm³/mol. The first-order chi connectivity index (χ1) is 22.7. The lowest BCUT2D eigenvalue weighted by atomic mass is 10.0. The Morgan fingerprint density at radius 3 is 2.26 bits per heavy atom. The van der Waals surface area contributed by atoms with Gasteiger partial charge in [-0.1, -0.05) is 84.4 Å². The van der Waals surface area contributed by atoms with Crippen LogP contribution in [-0.4, -0.2) is 54.5 Å². The van der Waals surface area contributed by atoms with E-state index in [1.165, 1.54) is 46.3 Å². The number of thiophene rings is 1. The van der Waals surface area contributed by atoms with Gasteiger partial charge in [-0.3, -0.25) is 14.5 Å². The number of benzene rings is 3. The maximum absolute atomic E-state index is 14.1. The molecule has 1 aromatic heterocycles. The summed E-state index contributed by atoms with van der Waals surface area (Å²) in [4.78, 5) is 44.8. The van der Waals surface area contributed by atoms with Crippen molar-refractivity contribution in [2.75, 3.05) is 5.75 Å². The number of hydrazone groups is 1. The molecule has 6 rings (SSSR count). The number of β-lactam (4-membered cyclic amide) rings is 1. The van der Waals surface area contributed by atoms with Crippen molar-refractivity contribution in [1.29, 1.82) is 0 Å². The molecular weight excluding hydrogens is 657 g/mol. The Hall–Kier alpha value is -4.72. The zero-order valence-corrected chi connectivity index (χ0v) is 27.6. The van der Waals surface area contributed by atoms with Crippen molar-refractivity contribution >= 4 is 57.1 Å². The smallest absolute Gasteiger partial charge is 0.356 e. The Balaban J connectivity index is 1.29. The molecule has 1 saturated heterocycles. The SMILES string of the molecule is Cc1ccc(S(=O)(=O)N/N=C/C2=C(C(=O)OC(c3ccccc3)c3ccccc3)N3C(=O)[C@@H](NC(=O)Cc4cccs4)[C@H]3SC2)cc1. The van der Waals surface area contributed by atoms with Gasteiger partial charge >= 0.3 is 5.97 Å². The van der Waals surface area contributed by atoms with Gasteiger partial charge < -0.3 is 10.1 Å². The molecule has 47 heavy (non-hydrogen) atoms. The maximum Gasteiger partial charge on any atom is 0.356 e. The summed E-state index contributed by atoms with van der Waals surface area (Å²) in [6, 6.07) is 27.6. The van der Waals surface area contributed by atoms with E-state index >= 15 is 0 Å². The van der Waals surface area contributed by atoms with Gasteiger partial charge in [-0.15, -0.1) is 23.1 Å². The van der Waals surface area contributed by atoms with Crippen LogP contribution in [0.15, 0.2) is 124 Å². The van der Waals surface area contributed by atoms with Gasteiger partial charge in [0.1, 0.15) is 17.1 Å². The quantitative estimate of drug-likeness (QED) is 0.102. The Labute approximate surface area is 280 Å². The van der Waals surface area contributed by atoms with E-state index in [0.717, 1.165) is 21.6 Å². The van der Waals surface area contributed by atoms with E-state index in [1.807, 2.05) is 85.1 Å². The molecule has 2 atom stereocenters. The molecule has 2 aliphatic rings. The molecular formula is C34H30N4O6S3. The highest BCUT2D eigenvalue weighted by Gasteiger charge is 2.54. The van der Waals surface area contributed by atoms with Crippen LogP contribution in [0.1, 0.15) is 27.7 Å². The number of sulfonamides is 1. The minimum atomic E-state index is -3.99. The average Bonchev–Trinajstić information content (AvgIpc) is 3.59. The molecule has 13 heteroatoms. The van der Waals surface area contributed by atoms with Gasteiger partial charge in [-0.05, 0) is 41.6 Å². The van der Waals surface area contributed by atoms with Crippen molar-refractivity contribution in [2.45, 2.75) is 35.8 Å². The number of nitrogens with zero attached hydrogens (tertiary/aromatic N) is 2. The van der Waals surface area contributed by atoms with Gasteiger partial charge in [-0.25, -0.2) is 9.63 Å². The number of nitrogens with one attached hydrogen (secondary N) is 2. The monoisotopic (exact) mass is 686 g/mol. The fraction of sp³-hybridized carbons (Fsp3) is 0.176. The van der Waals surface area contributed by atoms with Crippen molar-refractivity contribution in [3.05, 3.63) is 135 Å². The third kappa shape index (κ3) is 7.17. The largest absolute Gasteiger partial charge is 0.448 e. The first-order valence-electron chi connectivity index (χ1n) is 14.6. The molecule has 0 radical (unpaired) electrons. The highest BCUT2D eigenvalue weighted by Crippen LogP contribution is 2.41. The van der Waals surface area contributed by atoms with Crippen molar-refractivity contribution in [2.24, 2.45) is 5.10 Å². The van der Waals surface area contributed by atoms with Crippen molar-refractivity contribution in [1.82, 2.24) is 15.0 Å². The van der Waals surface area contributed by atoms with E-state index in [9.17, 15) is 22.8 Å². The number of thioether (sulfide) groups is 1. The highest BCUT2D eigenvalue weighted by atomic mass is 32.2. The van der Waals surface area contributed by atoms with Gasteiger partial charge in [0.15, 0.2) is 6.10 Å². The number of carbonyl (C=O) groups excluding carboxylic acids is 3. The van der Waals surface area contributed by atoms with Gasteiger partial charge in [0, 0.05) is 16.2 Å². The predicted octanol–water partition coefficient (Wildman–Crippen LogP) is 4.55. The average molecular weight is 687 g/mol. The summed E-state index contributed by atoms with van der Waals surface area (Å²) < 4.78 is 31.8. The zero-order valence-electron chi connectivity index (χ0n) is 25.1. The number of aryl methyl sites for hydroxylation is 1. The summed E-state index contributed by atoms with van der Waals surface area (Å²) in [5.41, 5.74) is 2.59. The number of hydrogen-bond acceptors (Lipinski definition) is 9. The van der Waals surface area contributed by atoms with Crippen LogP contribution in [-0.2, 0) is 35.6 Å². The van der Waals surface area contributed by atoms with Crippen molar-refractivity contribution in [3.63, 3.8) is 0 Å². The van der Waals surface area contributed by atoms with E-state index in [0.29, 0.717) is 5.57 Å². The number of rotatable bonds is 11. The summed E-state index contributed by atoms with van der Waals surface area (Å²) >= 11 is 2.78. The first kappa shape index (κ1) is 32.2. The van der Waals surface area contributed by atoms with Gasteiger partial charge in [0.05, 0.1) is 17.5 Å². The molecule has 0 bridgehead atoms. The van der Waals surface area contributed by atoms with E-state index in [4.69, 9.17) is 4.74 Å². The number of amides is 2. The van der Waals surface area contributed by atoms with Crippen molar-refractivity contribution in [3.8, 4) is 0 Å². The Kier molecular flexibility index (Phi) is 9.57. The summed E-state index contributed by atoms with van der Waals surface area (Å²) in [5.74, 6) is -1.36. The minimum Gasteiger partial charge on any atom is -0.448 e. The number of ether oxygens (including phenoxy) is 1. The van der Waals surface area contributed by atoms with Gasteiger partial charge in [0.25, 0.3) is 15.9 Å². The fourth-order valence-corrected chi connectivity index (χ4v) is 8.01. The third-order valence-corrected chi connectivity index (χ3v) is 11.0. The summed E-state index contributed by atoms with van der Waals surface area (Å²) in [5, 5.41) is 8.09. The molecule has 0 spiro atoms. The lowest BCUT2D eigenvalue weighted by Crippen LogP contribution is -2.70. The molecule has 3 aromatic carbocycles. The van der Waals surface area contributed by atoms with Crippen LogP contribution in [0.5, 0.6) is 0 Å². The molecule has 4 aromatic rings. The number of esters is 1. The molecule has 1 fully saturated rings. The van der Waals surface area contributed by atoms with Gasteiger partial charge in [-0.2, -0.15) is 13.5 Å². The Morgan fingerprint density at radius 2 is 1.64 bits per heavy atom. The van der Waals surface area contributed by atoms with E-state index in [2.05, 4.69) is 15.2 Å². The van der Waals surface area contributed by atoms with E-state index < -0.39 is 39.4 Å². The molecule has 10 nitrogen and oxygen atoms in total. The van der Waals surface area contributed by atoms with E-state index in [-0.39, 0.29) is 28.7 Å². The summed E-state index contributed by atoms with van der Waals surface area (Å²) in [6.07, 6.45) is 0.571. The topological polar surface area (TPSA) is 134 Å². The van der Waals surface area contributed by atoms with Crippen LogP contribution in [0.3, 0.4) is 0 Å². The molecule has 3 heterocycles. The van der Waals surface area contributed by atoms with Crippen molar-refractivity contribution < 1.29 is 27.5 Å². The standard InChI is InChI=1S/C34H30N4O6S3/c1-22-14-16-27(17-15-22)47(42,43)37-35-20-25-21-46-33-29(36-28(39)19-26-13-8-18-45-26)32(40)38(33)30(25)34(41)44-31(23-9-4-2-5-10-23)24-11-6-3-7-12-24/h2-18,20,29,31,33,37H,19,21H2,1H3,(H,36,39)/b35-20+/t29-,33-/m1/s1. The second-order valence-electron chi connectivity index (χ2n) is 10.9. The van der Waals surface area contributed by atoms with Crippen LogP contribution < -0.4 is 10.1 Å². The molecule has 0 saturated carbocycles. The molecule has 240 valence electrons. The third-order valence-electron chi connectivity index (χ3n) is 7.58. The van der Waals surface area contributed by atoms with Gasteiger partial charge in [0.2, 0.25) is 5.91 Å². The maximum atomic E-state index is 14.1. The van der Waals surface area contributed by atoms with Crippen LogP contribution in [0, 0.1) is 6.92 Å². The van der Waals surface area contributed by atoms with Crippen LogP contribution in [0.25, 0.3) is 0 Å². The molecule has 2 amide bonds. The molecule has 0 aliphatic carbocycles. The molecule has 2 N–H and O–H groups in total. The second-order valence-corrected chi connectivity index (χ2v) is 14.7. The lowest BCUT2D eigenvalue weighted by Gasteiger charge is -2.49. The number of fused-ring (bicyclic) bond motifs is 1. The number of hydrogen-bond donors (Lipinski definition) is 2. The molecule has 2 aliphatic heterocycles. The zero-order chi connectivity index (χ0) is 33.0. The van der Waals surface area contributed by atoms with Crippen LogP contribution in [0.4, 0.5) is 0 Å². The molecule has 0 unspecified atom stereocenters. The second kappa shape index (κ2) is 14.0. The van der Waals surface area contributed by atoms with Crippen LogP contribution in [0.2, 0.25) is 0 Å².